The number of fused-ring (bicyclic) bond motifs is 4. The van der Waals surface area contributed by atoms with Crippen molar-refractivity contribution in [2.75, 3.05) is 14.2 Å². The summed E-state index contributed by atoms with van der Waals surface area (Å²) in [5.74, 6) is 2.00. The average Bonchev–Trinajstić information content (AvgIpc) is 2.60. The Bertz CT molecular complexity index is 641. The van der Waals surface area contributed by atoms with Crippen molar-refractivity contribution in [3.05, 3.63) is 58.7 Å². The summed E-state index contributed by atoms with van der Waals surface area (Å²) in [6.45, 7) is 0. The van der Waals surface area contributed by atoms with Gasteiger partial charge in [0, 0.05) is 0 Å². The Kier molecular flexibility index (Phi) is 5.02. The molecule has 0 aliphatic heterocycles. The van der Waals surface area contributed by atoms with Crippen molar-refractivity contribution < 1.29 is 9.47 Å². The third kappa shape index (κ3) is 3.76. The van der Waals surface area contributed by atoms with Crippen LogP contribution in [0.15, 0.2) is 36.4 Å². The van der Waals surface area contributed by atoms with Crippen LogP contribution < -0.4 is 9.47 Å². The van der Waals surface area contributed by atoms with Crippen LogP contribution in [0.5, 0.6) is 11.5 Å². The summed E-state index contributed by atoms with van der Waals surface area (Å²) in [6, 6.07) is 12.9. The SMILES string of the molecule is COc1ccc2cc1CCCCCc1cc(ccc1OC)/C=C\2. The molecule has 3 rings (SSSR count). The van der Waals surface area contributed by atoms with Crippen LogP contribution in [-0.4, -0.2) is 14.2 Å². The molecule has 1 aliphatic carbocycles. The van der Waals surface area contributed by atoms with Crippen molar-refractivity contribution in [3.63, 3.8) is 0 Å². The van der Waals surface area contributed by atoms with Gasteiger partial charge in [0.05, 0.1) is 14.2 Å². The van der Waals surface area contributed by atoms with Gasteiger partial charge in [0.2, 0.25) is 0 Å². The number of rotatable bonds is 2. The lowest BCUT2D eigenvalue weighted by atomic mass is 10.0. The van der Waals surface area contributed by atoms with E-state index in [0.717, 1.165) is 24.3 Å². The smallest absolute Gasteiger partial charge is 0.122 e. The van der Waals surface area contributed by atoms with E-state index in [2.05, 4.69) is 48.6 Å². The topological polar surface area (TPSA) is 18.5 Å². The highest BCUT2D eigenvalue weighted by Gasteiger charge is 2.07. The molecule has 0 aromatic heterocycles. The second kappa shape index (κ2) is 7.36. The van der Waals surface area contributed by atoms with Crippen molar-refractivity contribution in [3.8, 4) is 11.5 Å². The molecule has 0 spiro atoms. The molecule has 0 saturated heterocycles. The number of aryl methyl sites for hydroxylation is 2. The van der Waals surface area contributed by atoms with E-state index in [9.17, 15) is 0 Å². The number of hydrogen-bond donors (Lipinski definition) is 0. The van der Waals surface area contributed by atoms with Gasteiger partial charge >= 0.3 is 0 Å². The minimum Gasteiger partial charge on any atom is -0.496 e. The first-order valence-corrected chi connectivity index (χ1v) is 8.32. The van der Waals surface area contributed by atoms with E-state index < -0.39 is 0 Å². The maximum atomic E-state index is 5.50. The first-order valence-electron chi connectivity index (χ1n) is 8.32. The Hall–Kier alpha value is -2.22. The van der Waals surface area contributed by atoms with Gasteiger partial charge in [0.25, 0.3) is 0 Å². The normalized spacial score (nSPS) is 15.7. The van der Waals surface area contributed by atoms with Gasteiger partial charge in [0.15, 0.2) is 0 Å². The van der Waals surface area contributed by atoms with E-state index in [-0.39, 0.29) is 0 Å². The van der Waals surface area contributed by atoms with Crippen LogP contribution in [0.25, 0.3) is 12.2 Å². The Balaban J connectivity index is 1.97. The fourth-order valence-electron chi connectivity index (χ4n) is 3.20. The Morgan fingerprint density at radius 2 is 1.13 bits per heavy atom. The van der Waals surface area contributed by atoms with Crippen LogP contribution >= 0.6 is 0 Å². The Morgan fingerprint density at radius 1 is 0.652 bits per heavy atom. The number of ether oxygens (including phenoxy) is 2. The molecule has 0 saturated carbocycles. The van der Waals surface area contributed by atoms with Gasteiger partial charge in [-0.1, -0.05) is 30.7 Å². The number of hydrogen-bond acceptors (Lipinski definition) is 2. The molecule has 1 aliphatic rings. The predicted molar refractivity (Wildman–Crippen MR) is 96.2 cm³/mol. The van der Waals surface area contributed by atoms with Crippen molar-refractivity contribution in [2.45, 2.75) is 32.1 Å². The zero-order valence-electron chi connectivity index (χ0n) is 14.0. The summed E-state index contributed by atoms with van der Waals surface area (Å²) in [5, 5.41) is 0. The predicted octanol–water partition coefficient (Wildman–Crippen LogP) is 5.14. The highest BCUT2D eigenvalue weighted by molar-refractivity contribution is 5.71. The minimum absolute atomic E-state index is 0.999. The van der Waals surface area contributed by atoms with E-state index in [0.29, 0.717) is 0 Å². The lowest BCUT2D eigenvalue weighted by molar-refractivity contribution is 0.407. The molecule has 0 N–H and O–H groups in total. The van der Waals surface area contributed by atoms with Crippen molar-refractivity contribution in [2.24, 2.45) is 0 Å². The fourth-order valence-corrected chi connectivity index (χ4v) is 3.20. The molecule has 0 amide bonds. The van der Waals surface area contributed by atoms with Gasteiger partial charge in [-0.15, -0.1) is 0 Å². The highest BCUT2D eigenvalue weighted by atomic mass is 16.5. The summed E-state index contributed by atoms with van der Waals surface area (Å²) in [7, 11) is 3.50. The van der Waals surface area contributed by atoms with Gasteiger partial charge in [-0.2, -0.15) is 0 Å². The third-order valence-corrected chi connectivity index (χ3v) is 4.47. The standard InChI is InChI=1S/C21H24O2/c1-22-20-12-10-16-8-9-17-11-13-21(23-2)19(15-17)7-5-3-4-6-18(20)14-16/h8-15H,3-7H2,1-2H3/b9-8-. The van der Waals surface area contributed by atoms with E-state index in [1.165, 1.54) is 41.5 Å². The third-order valence-electron chi connectivity index (χ3n) is 4.47. The van der Waals surface area contributed by atoms with Gasteiger partial charge in [0.1, 0.15) is 11.5 Å². The monoisotopic (exact) mass is 308 g/mol. The zero-order valence-corrected chi connectivity index (χ0v) is 14.0. The Labute approximate surface area is 138 Å². The van der Waals surface area contributed by atoms with E-state index >= 15 is 0 Å². The summed E-state index contributed by atoms with van der Waals surface area (Å²) in [5.41, 5.74) is 5.05. The molecule has 4 bridgehead atoms. The molecule has 2 aromatic rings. The zero-order chi connectivity index (χ0) is 16.1. The van der Waals surface area contributed by atoms with E-state index in [1.54, 1.807) is 14.2 Å². The van der Waals surface area contributed by atoms with Crippen LogP contribution in [0.1, 0.15) is 41.5 Å². The van der Waals surface area contributed by atoms with Crippen molar-refractivity contribution in [1.82, 2.24) is 0 Å². The maximum Gasteiger partial charge on any atom is 0.122 e. The van der Waals surface area contributed by atoms with Gasteiger partial charge in [-0.3, -0.25) is 0 Å². The number of methoxy groups -OCH3 is 2. The molecule has 120 valence electrons. The van der Waals surface area contributed by atoms with Gasteiger partial charge in [-0.25, -0.2) is 0 Å². The maximum absolute atomic E-state index is 5.50. The molecule has 2 nitrogen and oxygen atoms in total. The Morgan fingerprint density at radius 3 is 1.57 bits per heavy atom. The molecular formula is C21H24O2. The lowest BCUT2D eigenvalue weighted by Gasteiger charge is -2.10. The summed E-state index contributed by atoms with van der Waals surface area (Å²) < 4.78 is 11.0. The van der Waals surface area contributed by atoms with Crippen LogP contribution in [0.2, 0.25) is 0 Å². The first-order chi connectivity index (χ1) is 11.3. The average molecular weight is 308 g/mol. The quantitative estimate of drug-likeness (QED) is 0.764. The van der Waals surface area contributed by atoms with Crippen molar-refractivity contribution >= 4 is 12.2 Å². The number of benzene rings is 2. The van der Waals surface area contributed by atoms with Crippen LogP contribution in [0.4, 0.5) is 0 Å². The lowest BCUT2D eigenvalue weighted by Crippen LogP contribution is -1.95. The molecule has 2 heteroatoms. The minimum atomic E-state index is 0.999. The molecular weight excluding hydrogens is 284 g/mol. The van der Waals surface area contributed by atoms with Crippen molar-refractivity contribution in [1.29, 1.82) is 0 Å². The molecule has 0 atom stereocenters. The van der Waals surface area contributed by atoms with E-state index in [4.69, 9.17) is 9.47 Å². The second-order valence-electron chi connectivity index (χ2n) is 6.04. The molecule has 23 heavy (non-hydrogen) atoms. The molecule has 0 radical (unpaired) electrons. The summed E-state index contributed by atoms with van der Waals surface area (Å²) in [6.07, 6.45) is 10.1. The molecule has 2 aromatic carbocycles. The fraction of sp³-hybridized carbons (Fsp3) is 0.333. The second-order valence-corrected chi connectivity index (χ2v) is 6.04. The van der Waals surface area contributed by atoms with Crippen LogP contribution in [0.3, 0.4) is 0 Å². The largest absolute Gasteiger partial charge is 0.496 e. The summed E-state index contributed by atoms with van der Waals surface area (Å²) >= 11 is 0. The first kappa shape index (κ1) is 15.7. The summed E-state index contributed by atoms with van der Waals surface area (Å²) in [4.78, 5) is 0. The molecule has 0 unspecified atom stereocenters. The van der Waals surface area contributed by atoms with Gasteiger partial charge < -0.3 is 9.47 Å². The van der Waals surface area contributed by atoms with Gasteiger partial charge in [-0.05, 0) is 72.2 Å². The van der Waals surface area contributed by atoms with Crippen LogP contribution in [0, 0.1) is 0 Å². The van der Waals surface area contributed by atoms with E-state index in [1.807, 2.05) is 0 Å². The molecule has 0 fully saturated rings. The van der Waals surface area contributed by atoms with Crippen LogP contribution in [-0.2, 0) is 12.8 Å². The highest BCUT2D eigenvalue weighted by Crippen LogP contribution is 2.26. The molecule has 0 heterocycles.